The SMILES string of the molecule is COc1c[c]ccc1OCCCN1CCCC1=O. The first-order valence-electron chi connectivity index (χ1n) is 6.26. The zero-order valence-electron chi connectivity index (χ0n) is 10.6. The van der Waals surface area contributed by atoms with Gasteiger partial charge in [0.15, 0.2) is 11.5 Å². The second kappa shape index (κ2) is 6.28. The van der Waals surface area contributed by atoms with Crippen molar-refractivity contribution in [3.05, 3.63) is 24.3 Å². The average Bonchev–Trinajstić information content (AvgIpc) is 2.81. The standard InChI is InChI=1S/C14H18NO3/c1-17-12-6-2-3-7-13(12)18-11-5-10-15-9-4-8-14(15)16/h3,6-7H,4-5,8-11H2,1H3. The molecule has 97 valence electrons. The molecule has 4 heteroatoms. The third kappa shape index (κ3) is 3.15. The Bertz CT molecular complexity index is 406. The van der Waals surface area contributed by atoms with E-state index < -0.39 is 0 Å². The summed E-state index contributed by atoms with van der Waals surface area (Å²) >= 11 is 0. The Balaban J connectivity index is 1.73. The van der Waals surface area contributed by atoms with E-state index in [4.69, 9.17) is 9.47 Å². The van der Waals surface area contributed by atoms with Gasteiger partial charge in [-0.15, -0.1) is 0 Å². The molecule has 0 spiro atoms. The summed E-state index contributed by atoms with van der Waals surface area (Å²) in [5.41, 5.74) is 0. The van der Waals surface area contributed by atoms with Crippen LogP contribution in [-0.4, -0.2) is 37.6 Å². The van der Waals surface area contributed by atoms with Crippen LogP contribution in [0.4, 0.5) is 0 Å². The smallest absolute Gasteiger partial charge is 0.222 e. The van der Waals surface area contributed by atoms with Crippen LogP contribution in [0.5, 0.6) is 11.5 Å². The lowest BCUT2D eigenvalue weighted by Crippen LogP contribution is -2.26. The fourth-order valence-corrected chi connectivity index (χ4v) is 2.06. The summed E-state index contributed by atoms with van der Waals surface area (Å²) in [5.74, 6) is 1.68. The molecule has 1 heterocycles. The quantitative estimate of drug-likeness (QED) is 0.722. The van der Waals surface area contributed by atoms with Crippen LogP contribution in [0.3, 0.4) is 0 Å². The first-order chi connectivity index (χ1) is 8.81. The van der Waals surface area contributed by atoms with Crippen LogP contribution >= 0.6 is 0 Å². The zero-order chi connectivity index (χ0) is 12.8. The molecule has 1 aliphatic heterocycles. The van der Waals surface area contributed by atoms with Crippen molar-refractivity contribution in [1.29, 1.82) is 0 Å². The van der Waals surface area contributed by atoms with E-state index >= 15 is 0 Å². The number of benzene rings is 1. The van der Waals surface area contributed by atoms with E-state index in [1.54, 1.807) is 19.2 Å². The molecule has 1 aliphatic rings. The second-order valence-electron chi connectivity index (χ2n) is 4.26. The molecule has 1 amide bonds. The number of carbonyl (C=O) groups is 1. The number of carbonyl (C=O) groups excluding carboxylic acids is 1. The summed E-state index contributed by atoms with van der Waals surface area (Å²) < 4.78 is 10.8. The minimum Gasteiger partial charge on any atom is -0.493 e. The summed E-state index contributed by atoms with van der Waals surface area (Å²) in [7, 11) is 1.61. The maximum absolute atomic E-state index is 11.4. The number of ether oxygens (including phenoxy) is 2. The van der Waals surface area contributed by atoms with Gasteiger partial charge in [0.2, 0.25) is 5.91 Å². The molecule has 0 aromatic heterocycles. The van der Waals surface area contributed by atoms with E-state index in [1.165, 1.54) is 0 Å². The van der Waals surface area contributed by atoms with Crippen molar-refractivity contribution in [1.82, 2.24) is 4.90 Å². The minimum absolute atomic E-state index is 0.266. The molecule has 0 saturated carbocycles. The molecule has 4 nitrogen and oxygen atoms in total. The molecule has 0 bridgehead atoms. The number of amides is 1. The highest BCUT2D eigenvalue weighted by Gasteiger charge is 2.19. The van der Waals surface area contributed by atoms with Crippen molar-refractivity contribution >= 4 is 5.91 Å². The van der Waals surface area contributed by atoms with E-state index in [-0.39, 0.29) is 5.91 Å². The van der Waals surface area contributed by atoms with Gasteiger partial charge in [-0.2, -0.15) is 0 Å². The van der Waals surface area contributed by atoms with Crippen molar-refractivity contribution in [2.75, 3.05) is 26.8 Å². The third-order valence-corrected chi connectivity index (χ3v) is 3.01. The van der Waals surface area contributed by atoms with Crippen molar-refractivity contribution in [2.24, 2.45) is 0 Å². The molecular weight excluding hydrogens is 230 g/mol. The molecule has 1 fully saturated rings. The number of hydrogen-bond donors (Lipinski definition) is 0. The average molecular weight is 248 g/mol. The highest BCUT2D eigenvalue weighted by Crippen LogP contribution is 2.25. The van der Waals surface area contributed by atoms with Gasteiger partial charge in [-0.3, -0.25) is 4.79 Å². The Morgan fingerprint density at radius 3 is 3.06 bits per heavy atom. The van der Waals surface area contributed by atoms with Crippen LogP contribution in [0.25, 0.3) is 0 Å². The van der Waals surface area contributed by atoms with Crippen LogP contribution in [0.2, 0.25) is 0 Å². The lowest BCUT2D eigenvalue weighted by atomic mass is 10.3. The van der Waals surface area contributed by atoms with Gasteiger partial charge in [0.25, 0.3) is 0 Å². The topological polar surface area (TPSA) is 38.8 Å². The highest BCUT2D eigenvalue weighted by molar-refractivity contribution is 5.77. The third-order valence-electron chi connectivity index (χ3n) is 3.01. The molecule has 1 aromatic rings. The predicted octanol–water partition coefficient (Wildman–Crippen LogP) is 1.89. The van der Waals surface area contributed by atoms with Crippen LogP contribution in [0.1, 0.15) is 19.3 Å². The molecule has 0 atom stereocenters. The summed E-state index contributed by atoms with van der Waals surface area (Å²) in [4.78, 5) is 13.3. The second-order valence-corrected chi connectivity index (χ2v) is 4.26. The molecule has 1 radical (unpaired) electrons. The zero-order valence-corrected chi connectivity index (χ0v) is 10.6. The normalized spacial score (nSPS) is 14.9. The summed E-state index contributed by atoms with van der Waals surface area (Å²) in [6.45, 7) is 2.26. The van der Waals surface area contributed by atoms with E-state index in [2.05, 4.69) is 6.07 Å². The molecule has 0 aliphatic carbocycles. The monoisotopic (exact) mass is 248 g/mol. The van der Waals surface area contributed by atoms with Crippen LogP contribution in [0, 0.1) is 6.07 Å². The number of nitrogens with zero attached hydrogens (tertiary/aromatic N) is 1. The Kier molecular flexibility index (Phi) is 4.45. The van der Waals surface area contributed by atoms with Gasteiger partial charge in [0.05, 0.1) is 13.7 Å². The van der Waals surface area contributed by atoms with E-state index in [0.29, 0.717) is 18.8 Å². The summed E-state index contributed by atoms with van der Waals surface area (Å²) in [5, 5.41) is 0. The molecule has 0 unspecified atom stereocenters. The Hall–Kier alpha value is -1.71. The fraction of sp³-hybridized carbons (Fsp3) is 0.500. The molecule has 1 aromatic carbocycles. The van der Waals surface area contributed by atoms with Crippen molar-refractivity contribution in [2.45, 2.75) is 19.3 Å². The maximum Gasteiger partial charge on any atom is 0.222 e. The Morgan fingerprint density at radius 2 is 2.33 bits per heavy atom. The van der Waals surface area contributed by atoms with Gasteiger partial charge in [-0.05, 0) is 31.0 Å². The van der Waals surface area contributed by atoms with Crippen molar-refractivity contribution < 1.29 is 14.3 Å². The largest absolute Gasteiger partial charge is 0.493 e. The summed E-state index contributed by atoms with van der Waals surface area (Å²) in [6.07, 6.45) is 2.53. The van der Waals surface area contributed by atoms with Crippen LogP contribution in [0.15, 0.2) is 18.2 Å². The lowest BCUT2D eigenvalue weighted by molar-refractivity contribution is -0.127. The predicted molar refractivity (Wildman–Crippen MR) is 67.8 cm³/mol. The Morgan fingerprint density at radius 1 is 1.44 bits per heavy atom. The number of likely N-dealkylation sites (tertiary alicyclic amines) is 1. The van der Waals surface area contributed by atoms with Crippen LogP contribution in [-0.2, 0) is 4.79 Å². The van der Waals surface area contributed by atoms with Gasteiger partial charge in [0.1, 0.15) is 0 Å². The number of rotatable bonds is 6. The molecular formula is C14H18NO3. The van der Waals surface area contributed by atoms with Gasteiger partial charge in [0, 0.05) is 19.5 Å². The molecule has 0 N–H and O–H groups in total. The Labute approximate surface area is 107 Å². The molecule has 1 saturated heterocycles. The number of hydrogen-bond acceptors (Lipinski definition) is 3. The van der Waals surface area contributed by atoms with E-state index in [0.717, 1.165) is 31.7 Å². The first-order valence-corrected chi connectivity index (χ1v) is 6.26. The van der Waals surface area contributed by atoms with E-state index in [9.17, 15) is 4.79 Å². The molecule has 18 heavy (non-hydrogen) atoms. The van der Waals surface area contributed by atoms with Gasteiger partial charge in [-0.25, -0.2) is 0 Å². The summed E-state index contributed by atoms with van der Waals surface area (Å²) in [6, 6.07) is 8.31. The van der Waals surface area contributed by atoms with Crippen molar-refractivity contribution in [3.8, 4) is 11.5 Å². The van der Waals surface area contributed by atoms with E-state index in [1.807, 2.05) is 11.0 Å². The number of methoxy groups -OCH3 is 1. The van der Waals surface area contributed by atoms with Gasteiger partial charge in [-0.1, -0.05) is 6.07 Å². The first kappa shape index (κ1) is 12.7. The lowest BCUT2D eigenvalue weighted by Gasteiger charge is -2.15. The fourth-order valence-electron chi connectivity index (χ4n) is 2.06. The van der Waals surface area contributed by atoms with Crippen molar-refractivity contribution in [3.63, 3.8) is 0 Å². The molecule has 2 rings (SSSR count). The minimum atomic E-state index is 0.266. The highest BCUT2D eigenvalue weighted by atomic mass is 16.5. The van der Waals surface area contributed by atoms with Gasteiger partial charge >= 0.3 is 0 Å². The van der Waals surface area contributed by atoms with Crippen LogP contribution < -0.4 is 9.47 Å². The maximum atomic E-state index is 11.4. The van der Waals surface area contributed by atoms with Gasteiger partial charge < -0.3 is 14.4 Å².